The van der Waals surface area contributed by atoms with E-state index in [0.717, 1.165) is 17.1 Å². The number of hydrogen-bond acceptors (Lipinski definition) is 4. The zero-order chi connectivity index (χ0) is 13.8. The Hall–Kier alpha value is -2.56. The monoisotopic (exact) mass is 258 g/mol. The Morgan fingerprint density at radius 1 is 1.21 bits per heavy atom. The Balaban J connectivity index is 2.29. The maximum absolute atomic E-state index is 10.9. The standard InChI is InChI=1S/C14H14N2O3/c1-16(10-3-5-12(19-2)6-4-10)11-7-8-15-13(9-11)14(17)18/h3-9H,1-2H3,(H,17,18). The third kappa shape index (κ3) is 2.82. The number of benzene rings is 1. The Morgan fingerprint density at radius 2 is 1.89 bits per heavy atom. The number of rotatable bonds is 4. The number of ether oxygens (including phenoxy) is 1. The van der Waals surface area contributed by atoms with Crippen molar-refractivity contribution < 1.29 is 14.6 Å². The molecular formula is C14H14N2O3. The molecule has 2 rings (SSSR count). The van der Waals surface area contributed by atoms with Crippen molar-refractivity contribution in [2.45, 2.75) is 0 Å². The maximum atomic E-state index is 10.9. The first-order chi connectivity index (χ1) is 9.11. The quantitative estimate of drug-likeness (QED) is 0.913. The van der Waals surface area contributed by atoms with Gasteiger partial charge in [0, 0.05) is 24.6 Å². The summed E-state index contributed by atoms with van der Waals surface area (Å²) in [4.78, 5) is 16.6. The number of methoxy groups -OCH3 is 1. The number of carboxylic acids is 1. The van der Waals surface area contributed by atoms with Crippen LogP contribution in [0.5, 0.6) is 5.75 Å². The van der Waals surface area contributed by atoms with Gasteiger partial charge in [0.05, 0.1) is 7.11 Å². The normalized spacial score (nSPS) is 10.0. The third-order valence-corrected chi connectivity index (χ3v) is 2.81. The largest absolute Gasteiger partial charge is 0.497 e. The number of nitrogens with zero attached hydrogens (tertiary/aromatic N) is 2. The fourth-order valence-corrected chi connectivity index (χ4v) is 1.70. The maximum Gasteiger partial charge on any atom is 0.354 e. The highest BCUT2D eigenvalue weighted by Gasteiger charge is 2.09. The zero-order valence-corrected chi connectivity index (χ0v) is 10.7. The highest BCUT2D eigenvalue weighted by atomic mass is 16.5. The van der Waals surface area contributed by atoms with Gasteiger partial charge in [0.1, 0.15) is 11.4 Å². The van der Waals surface area contributed by atoms with E-state index in [9.17, 15) is 4.79 Å². The minimum Gasteiger partial charge on any atom is -0.497 e. The molecule has 0 atom stereocenters. The van der Waals surface area contributed by atoms with Gasteiger partial charge in [-0.05, 0) is 36.4 Å². The van der Waals surface area contributed by atoms with E-state index < -0.39 is 5.97 Å². The predicted octanol–water partition coefficient (Wildman–Crippen LogP) is 2.56. The van der Waals surface area contributed by atoms with Crippen LogP contribution < -0.4 is 9.64 Å². The molecule has 5 heteroatoms. The van der Waals surface area contributed by atoms with Crippen LogP contribution >= 0.6 is 0 Å². The number of aromatic carboxylic acids is 1. The molecule has 1 aromatic carbocycles. The molecule has 1 heterocycles. The summed E-state index contributed by atoms with van der Waals surface area (Å²) in [5.41, 5.74) is 1.72. The summed E-state index contributed by atoms with van der Waals surface area (Å²) in [6, 6.07) is 10.8. The van der Waals surface area contributed by atoms with Crippen LogP contribution in [0.3, 0.4) is 0 Å². The van der Waals surface area contributed by atoms with Crippen molar-refractivity contribution in [2.24, 2.45) is 0 Å². The van der Waals surface area contributed by atoms with Gasteiger partial charge in [-0.2, -0.15) is 0 Å². The van der Waals surface area contributed by atoms with Gasteiger partial charge < -0.3 is 14.7 Å². The second kappa shape index (κ2) is 5.39. The summed E-state index contributed by atoms with van der Waals surface area (Å²) in [5.74, 6) is -0.261. The highest BCUT2D eigenvalue weighted by molar-refractivity contribution is 5.86. The van der Waals surface area contributed by atoms with Crippen LogP contribution in [0.2, 0.25) is 0 Å². The van der Waals surface area contributed by atoms with Crippen LogP contribution in [0, 0.1) is 0 Å². The lowest BCUT2D eigenvalue weighted by atomic mass is 10.2. The summed E-state index contributed by atoms with van der Waals surface area (Å²) >= 11 is 0. The molecule has 19 heavy (non-hydrogen) atoms. The van der Waals surface area contributed by atoms with Crippen molar-refractivity contribution in [3.05, 3.63) is 48.3 Å². The number of aromatic nitrogens is 1. The number of carbonyl (C=O) groups is 1. The van der Waals surface area contributed by atoms with Gasteiger partial charge in [0.15, 0.2) is 0 Å². The summed E-state index contributed by atoms with van der Waals surface area (Å²) in [6.07, 6.45) is 1.48. The lowest BCUT2D eigenvalue weighted by molar-refractivity contribution is 0.0690. The summed E-state index contributed by atoms with van der Waals surface area (Å²) in [7, 11) is 3.48. The Bertz CT molecular complexity index is 581. The molecule has 0 aliphatic carbocycles. The molecule has 1 N–H and O–H groups in total. The number of hydrogen-bond donors (Lipinski definition) is 1. The van der Waals surface area contributed by atoms with E-state index in [0.29, 0.717) is 0 Å². The average Bonchev–Trinajstić information content (AvgIpc) is 2.46. The average molecular weight is 258 g/mol. The van der Waals surface area contributed by atoms with Crippen molar-refractivity contribution in [3.8, 4) is 5.75 Å². The molecule has 0 bridgehead atoms. The molecule has 0 radical (unpaired) electrons. The first kappa shape index (κ1) is 12.9. The lowest BCUT2D eigenvalue weighted by Gasteiger charge is -2.19. The molecule has 0 aliphatic heterocycles. The second-order valence-corrected chi connectivity index (χ2v) is 3.96. The first-order valence-corrected chi connectivity index (χ1v) is 5.69. The van der Waals surface area contributed by atoms with Gasteiger partial charge >= 0.3 is 5.97 Å². The van der Waals surface area contributed by atoms with Crippen LogP contribution in [-0.2, 0) is 0 Å². The number of carboxylic acid groups (broad SMARTS) is 1. The van der Waals surface area contributed by atoms with E-state index >= 15 is 0 Å². The molecule has 0 unspecified atom stereocenters. The molecule has 0 saturated carbocycles. The second-order valence-electron chi connectivity index (χ2n) is 3.96. The van der Waals surface area contributed by atoms with Gasteiger partial charge in [-0.1, -0.05) is 0 Å². The lowest BCUT2D eigenvalue weighted by Crippen LogP contribution is -2.11. The SMILES string of the molecule is COc1ccc(N(C)c2ccnc(C(=O)O)c2)cc1. The molecule has 0 spiro atoms. The first-order valence-electron chi connectivity index (χ1n) is 5.69. The van der Waals surface area contributed by atoms with Gasteiger partial charge in [-0.15, -0.1) is 0 Å². The molecule has 1 aromatic heterocycles. The summed E-state index contributed by atoms with van der Waals surface area (Å²) < 4.78 is 5.10. The Morgan fingerprint density at radius 3 is 2.47 bits per heavy atom. The van der Waals surface area contributed by atoms with E-state index in [1.807, 2.05) is 36.2 Å². The third-order valence-electron chi connectivity index (χ3n) is 2.81. The van der Waals surface area contributed by atoms with E-state index in [1.165, 1.54) is 12.3 Å². The van der Waals surface area contributed by atoms with Crippen molar-refractivity contribution in [1.29, 1.82) is 0 Å². The fourth-order valence-electron chi connectivity index (χ4n) is 1.70. The van der Waals surface area contributed by atoms with Crippen molar-refractivity contribution in [3.63, 3.8) is 0 Å². The zero-order valence-electron chi connectivity index (χ0n) is 10.7. The van der Waals surface area contributed by atoms with Gasteiger partial charge in [-0.25, -0.2) is 9.78 Å². The minimum absolute atomic E-state index is 0.0258. The van der Waals surface area contributed by atoms with E-state index in [2.05, 4.69) is 4.98 Å². The van der Waals surface area contributed by atoms with Gasteiger partial charge in [-0.3, -0.25) is 0 Å². The number of anilines is 2. The number of pyridine rings is 1. The van der Waals surface area contributed by atoms with Crippen LogP contribution in [0.15, 0.2) is 42.6 Å². The molecule has 0 amide bonds. The van der Waals surface area contributed by atoms with Crippen molar-refractivity contribution in [2.75, 3.05) is 19.1 Å². The van der Waals surface area contributed by atoms with Crippen LogP contribution in [-0.4, -0.2) is 30.2 Å². The molecule has 5 nitrogen and oxygen atoms in total. The fraction of sp³-hybridized carbons (Fsp3) is 0.143. The molecule has 2 aromatic rings. The predicted molar refractivity (Wildman–Crippen MR) is 72.3 cm³/mol. The summed E-state index contributed by atoms with van der Waals surface area (Å²) in [6.45, 7) is 0. The topological polar surface area (TPSA) is 62.7 Å². The Kier molecular flexibility index (Phi) is 3.66. The van der Waals surface area contributed by atoms with Crippen LogP contribution in [0.25, 0.3) is 0 Å². The molecule has 98 valence electrons. The van der Waals surface area contributed by atoms with Crippen LogP contribution in [0.1, 0.15) is 10.5 Å². The smallest absolute Gasteiger partial charge is 0.354 e. The summed E-state index contributed by atoms with van der Waals surface area (Å²) in [5, 5.41) is 8.93. The van der Waals surface area contributed by atoms with E-state index in [-0.39, 0.29) is 5.69 Å². The van der Waals surface area contributed by atoms with E-state index in [4.69, 9.17) is 9.84 Å². The van der Waals surface area contributed by atoms with Gasteiger partial charge in [0.25, 0.3) is 0 Å². The Labute approximate surface area is 111 Å². The van der Waals surface area contributed by atoms with Crippen molar-refractivity contribution in [1.82, 2.24) is 4.98 Å². The molecule has 0 saturated heterocycles. The highest BCUT2D eigenvalue weighted by Crippen LogP contribution is 2.25. The van der Waals surface area contributed by atoms with Crippen LogP contribution in [0.4, 0.5) is 11.4 Å². The molecular weight excluding hydrogens is 244 g/mol. The minimum atomic E-state index is -1.04. The molecule has 0 fully saturated rings. The van der Waals surface area contributed by atoms with Gasteiger partial charge in [0.2, 0.25) is 0 Å². The van der Waals surface area contributed by atoms with E-state index in [1.54, 1.807) is 13.2 Å². The van der Waals surface area contributed by atoms with Crippen molar-refractivity contribution >= 4 is 17.3 Å². The molecule has 0 aliphatic rings.